The Morgan fingerprint density at radius 3 is 2.52 bits per heavy atom. The van der Waals surface area contributed by atoms with Crippen LogP contribution in [0.5, 0.6) is 0 Å². The van der Waals surface area contributed by atoms with E-state index in [0.29, 0.717) is 26.9 Å². The molecule has 0 amide bonds. The van der Waals surface area contributed by atoms with Crippen molar-refractivity contribution in [1.82, 2.24) is 0 Å². The molecule has 0 radical (unpaired) electrons. The van der Waals surface area contributed by atoms with Crippen molar-refractivity contribution in [3.05, 3.63) is 45.1 Å². The summed E-state index contributed by atoms with van der Waals surface area (Å²) in [5, 5.41) is 29.2. The van der Waals surface area contributed by atoms with Gasteiger partial charge in [-0.2, -0.15) is 0 Å². The zero-order valence-corrected chi connectivity index (χ0v) is 12.4. The van der Waals surface area contributed by atoms with E-state index in [1.54, 1.807) is 12.2 Å². The van der Waals surface area contributed by atoms with Crippen molar-refractivity contribution >= 4 is 21.7 Å². The Morgan fingerprint density at radius 2 is 1.90 bits per heavy atom. The molecule has 0 aromatic carbocycles. The first-order valence-electron chi connectivity index (χ1n) is 6.41. The van der Waals surface area contributed by atoms with Gasteiger partial charge in [0.1, 0.15) is 24.4 Å². The molecule has 0 aromatic rings. The zero-order chi connectivity index (χ0) is 15.3. The Balaban J connectivity index is 1.99. The predicted molar refractivity (Wildman–Crippen MR) is 77.2 cm³/mol. The van der Waals surface area contributed by atoms with E-state index in [4.69, 9.17) is 15.6 Å². The lowest BCUT2D eigenvalue weighted by Gasteiger charge is -2.21. The summed E-state index contributed by atoms with van der Waals surface area (Å²) in [6.45, 7) is -0.403. The highest BCUT2D eigenvalue weighted by molar-refractivity contribution is 9.12. The number of aliphatic hydroxyl groups is 3. The molecule has 112 valence electrons. The molecule has 21 heavy (non-hydrogen) atoms. The number of ether oxygens (including phenoxy) is 1. The third kappa shape index (κ3) is 2.21. The molecule has 1 fully saturated rings. The van der Waals surface area contributed by atoms with Gasteiger partial charge in [0.25, 0.3) is 0 Å². The molecule has 1 aliphatic heterocycles. The normalized spacial score (nSPS) is 35.6. The Bertz CT molecular complexity index is 633. The lowest BCUT2D eigenvalue weighted by molar-refractivity contribution is -0.111. The van der Waals surface area contributed by atoms with Crippen LogP contribution in [0.1, 0.15) is 0 Å². The highest BCUT2D eigenvalue weighted by Gasteiger charge is 2.47. The third-order valence-corrected chi connectivity index (χ3v) is 4.47. The first-order chi connectivity index (χ1) is 9.93. The summed E-state index contributed by atoms with van der Waals surface area (Å²) in [5.41, 5.74) is 7.61. The van der Waals surface area contributed by atoms with E-state index in [1.807, 2.05) is 0 Å². The van der Waals surface area contributed by atoms with Gasteiger partial charge in [-0.25, -0.2) is 0 Å². The monoisotopic (exact) mass is 355 g/mol. The number of allylic oxidation sites excluding steroid dienone is 5. The van der Waals surface area contributed by atoms with E-state index in [9.17, 15) is 15.0 Å². The largest absolute Gasteiger partial charge is 0.399 e. The van der Waals surface area contributed by atoms with E-state index in [1.165, 1.54) is 6.08 Å². The average Bonchev–Trinajstić information content (AvgIpc) is 2.89. The Hall–Kier alpha value is -1.25. The maximum absolute atomic E-state index is 12.0. The van der Waals surface area contributed by atoms with Crippen LogP contribution in [0.25, 0.3) is 0 Å². The number of ketones is 1. The van der Waals surface area contributed by atoms with Crippen LogP contribution < -0.4 is 5.73 Å². The second-order valence-corrected chi connectivity index (χ2v) is 6.00. The first-order valence-corrected chi connectivity index (χ1v) is 7.21. The number of aliphatic hydroxyl groups excluding tert-OH is 3. The van der Waals surface area contributed by atoms with Gasteiger partial charge in [-0.3, -0.25) is 4.79 Å². The van der Waals surface area contributed by atoms with Crippen LogP contribution in [-0.4, -0.2) is 52.1 Å². The standard InChI is InChI=1S/C14H14BrNO5/c15-8-3-6-7(1-5(16)2-9(6)18)11(8)14-13(20)12(19)10(4-17)21-14/h1-3,10,12-14,17,19-20H,4,16H2/t10-,12-,13-,14+/m1/s1. The Labute approximate surface area is 129 Å². The van der Waals surface area contributed by atoms with Crippen molar-refractivity contribution in [1.29, 1.82) is 0 Å². The van der Waals surface area contributed by atoms with Crippen molar-refractivity contribution in [3.8, 4) is 0 Å². The second-order valence-electron chi connectivity index (χ2n) is 5.15. The van der Waals surface area contributed by atoms with Gasteiger partial charge in [0.15, 0.2) is 5.78 Å². The second kappa shape index (κ2) is 5.19. The van der Waals surface area contributed by atoms with Crippen molar-refractivity contribution in [2.45, 2.75) is 24.4 Å². The molecule has 0 spiro atoms. The summed E-state index contributed by atoms with van der Waals surface area (Å²) >= 11 is 3.35. The number of rotatable bonds is 2. The van der Waals surface area contributed by atoms with E-state index in [2.05, 4.69) is 15.9 Å². The highest BCUT2D eigenvalue weighted by atomic mass is 79.9. The first kappa shape index (κ1) is 14.7. The Kier molecular flexibility index (Phi) is 3.62. The minimum Gasteiger partial charge on any atom is -0.399 e. The summed E-state index contributed by atoms with van der Waals surface area (Å²) < 4.78 is 6.12. The summed E-state index contributed by atoms with van der Waals surface area (Å²) in [6, 6.07) is 0. The summed E-state index contributed by atoms with van der Waals surface area (Å²) in [6.07, 6.45) is 0.507. The molecule has 4 atom stereocenters. The van der Waals surface area contributed by atoms with Gasteiger partial charge < -0.3 is 25.8 Å². The minimum atomic E-state index is -1.19. The van der Waals surface area contributed by atoms with Crippen LogP contribution >= 0.6 is 15.9 Å². The van der Waals surface area contributed by atoms with E-state index < -0.39 is 31.0 Å². The number of halogens is 1. The molecule has 6 nitrogen and oxygen atoms in total. The fourth-order valence-electron chi connectivity index (χ4n) is 2.78. The number of hydrogen-bond acceptors (Lipinski definition) is 6. The van der Waals surface area contributed by atoms with Gasteiger partial charge in [-0.15, -0.1) is 0 Å². The minimum absolute atomic E-state index is 0.219. The van der Waals surface area contributed by atoms with Crippen LogP contribution in [0.4, 0.5) is 0 Å². The number of fused-ring (bicyclic) bond motifs is 1. The van der Waals surface area contributed by atoms with Crippen LogP contribution in [0.3, 0.4) is 0 Å². The zero-order valence-electron chi connectivity index (χ0n) is 10.9. The molecule has 2 aliphatic carbocycles. The summed E-state index contributed by atoms with van der Waals surface area (Å²) in [5.74, 6) is -0.219. The fourth-order valence-corrected chi connectivity index (χ4v) is 3.45. The molecule has 1 saturated heterocycles. The van der Waals surface area contributed by atoms with Gasteiger partial charge in [0.2, 0.25) is 0 Å². The van der Waals surface area contributed by atoms with Crippen molar-refractivity contribution in [3.63, 3.8) is 0 Å². The lowest BCUT2D eigenvalue weighted by Crippen LogP contribution is -2.34. The fraction of sp³-hybridized carbons (Fsp3) is 0.357. The molecular formula is C14H14BrNO5. The molecule has 0 unspecified atom stereocenters. The van der Waals surface area contributed by atoms with Gasteiger partial charge in [0, 0.05) is 27.4 Å². The number of hydrogen-bond donors (Lipinski definition) is 4. The number of nitrogens with two attached hydrogens (primary N) is 1. The molecule has 3 aliphatic rings. The molecular weight excluding hydrogens is 342 g/mol. The van der Waals surface area contributed by atoms with Crippen molar-refractivity contribution in [2.75, 3.05) is 6.61 Å². The van der Waals surface area contributed by atoms with Crippen LogP contribution in [-0.2, 0) is 9.53 Å². The average molecular weight is 356 g/mol. The van der Waals surface area contributed by atoms with E-state index >= 15 is 0 Å². The molecule has 1 heterocycles. The highest BCUT2D eigenvalue weighted by Crippen LogP contribution is 2.43. The van der Waals surface area contributed by atoms with Crippen LogP contribution in [0.15, 0.2) is 45.1 Å². The van der Waals surface area contributed by atoms with Crippen molar-refractivity contribution < 1.29 is 24.9 Å². The molecule has 7 heteroatoms. The molecule has 0 aromatic heterocycles. The number of carbonyl (C=O) groups is 1. The van der Waals surface area contributed by atoms with Gasteiger partial charge in [-0.1, -0.05) is 15.9 Å². The van der Waals surface area contributed by atoms with E-state index in [-0.39, 0.29) is 5.78 Å². The maximum Gasteiger partial charge on any atom is 0.188 e. The molecule has 5 N–H and O–H groups in total. The number of carbonyl (C=O) groups excluding carboxylic acids is 1. The smallest absolute Gasteiger partial charge is 0.188 e. The predicted octanol–water partition coefficient (Wildman–Crippen LogP) is -0.591. The van der Waals surface area contributed by atoms with E-state index in [0.717, 1.165) is 0 Å². The van der Waals surface area contributed by atoms with Crippen LogP contribution in [0.2, 0.25) is 0 Å². The third-order valence-electron chi connectivity index (χ3n) is 3.81. The SMILES string of the molecule is NC1=CC(=O)C2=CC(Br)=C([C@@H]3O[C@H](CO)[C@@H](O)[C@H]3O)C2=C1. The van der Waals surface area contributed by atoms with Crippen molar-refractivity contribution in [2.24, 2.45) is 5.73 Å². The summed E-state index contributed by atoms with van der Waals surface area (Å²) in [4.78, 5) is 12.0. The van der Waals surface area contributed by atoms with Gasteiger partial charge in [-0.05, 0) is 17.7 Å². The van der Waals surface area contributed by atoms with Crippen LogP contribution in [0, 0.1) is 0 Å². The van der Waals surface area contributed by atoms with Gasteiger partial charge >= 0.3 is 0 Å². The molecule has 0 saturated carbocycles. The maximum atomic E-state index is 12.0. The summed E-state index contributed by atoms with van der Waals surface area (Å²) in [7, 11) is 0. The quantitative estimate of drug-likeness (QED) is 0.526. The van der Waals surface area contributed by atoms with Gasteiger partial charge in [0.05, 0.1) is 6.61 Å². The molecule has 3 rings (SSSR count). The lowest BCUT2D eigenvalue weighted by atomic mass is 9.90. The topological polar surface area (TPSA) is 113 Å². The molecule has 0 bridgehead atoms. The Morgan fingerprint density at radius 1 is 1.19 bits per heavy atom.